The first-order valence-electron chi connectivity index (χ1n) is 9.51. The molecule has 5 nitrogen and oxygen atoms in total. The number of hydrogen-bond acceptors (Lipinski definition) is 4. The lowest BCUT2D eigenvalue weighted by Gasteiger charge is -2.18. The van der Waals surface area contributed by atoms with Crippen molar-refractivity contribution in [1.82, 2.24) is 4.90 Å². The number of ether oxygens (including phenoxy) is 2. The molecule has 0 aliphatic heterocycles. The standard InChI is InChI=1S/C24H26N2O3/c1-26(17-24(27)25-21-11-7-4-8-12-21)16-20-13-14-22(23(15-20)28-2)29-18-19-9-5-3-6-10-19/h3-15H,16-18H2,1-2H3,(H,25,27). The van der Waals surface area contributed by atoms with Crippen LogP contribution in [0.5, 0.6) is 11.5 Å². The second-order valence-electron chi connectivity index (χ2n) is 6.85. The lowest BCUT2D eigenvalue weighted by Crippen LogP contribution is -2.29. The predicted molar refractivity (Wildman–Crippen MR) is 115 cm³/mol. The SMILES string of the molecule is COc1cc(CN(C)CC(=O)Nc2ccccc2)ccc1OCc1ccccc1. The monoisotopic (exact) mass is 390 g/mol. The zero-order valence-electron chi connectivity index (χ0n) is 16.8. The van der Waals surface area contributed by atoms with Crippen LogP contribution in [-0.4, -0.2) is 31.5 Å². The van der Waals surface area contributed by atoms with E-state index >= 15 is 0 Å². The smallest absolute Gasteiger partial charge is 0.238 e. The summed E-state index contributed by atoms with van der Waals surface area (Å²) in [5.41, 5.74) is 2.94. The van der Waals surface area contributed by atoms with Gasteiger partial charge in [0.15, 0.2) is 11.5 Å². The Labute approximate surface area is 171 Å². The maximum Gasteiger partial charge on any atom is 0.238 e. The van der Waals surface area contributed by atoms with Crippen molar-refractivity contribution in [1.29, 1.82) is 0 Å². The molecule has 0 atom stereocenters. The van der Waals surface area contributed by atoms with Crippen molar-refractivity contribution in [3.05, 3.63) is 90.0 Å². The van der Waals surface area contributed by atoms with Crippen LogP contribution in [-0.2, 0) is 17.9 Å². The van der Waals surface area contributed by atoms with Crippen molar-refractivity contribution in [2.75, 3.05) is 26.0 Å². The Morgan fingerprint density at radius 3 is 2.28 bits per heavy atom. The van der Waals surface area contributed by atoms with E-state index in [4.69, 9.17) is 9.47 Å². The number of para-hydroxylation sites is 1. The third-order valence-electron chi connectivity index (χ3n) is 4.39. The molecule has 0 unspecified atom stereocenters. The number of carbonyl (C=O) groups excluding carboxylic acids is 1. The minimum atomic E-state index is -0.0477. The summed E-state index contributed by atoms with van der Waals surface area (Å²) in [6, 6.07) is 25.3. The second kappa shape index (κ2) is 10.3. The third kappa shape index (κ3) is 6.36. The van der Waals surface area contributed by atoms with E-state index in [2.05, 4.69) is 5.32 Å². The first-order chi connectivity index (χ1) is 14.1. The van der Waals surface area contributed by atoms with Crippen molar-refractivity contribution < 1.29 is 14.3 Å². The lowest BCUT2D eigenvalue weighted by atomic mass is 10.2. The van der Waals surface area contributed by atoms with Crippen LogP contribution in [0.15, 0.2) is 78.9 Å². The van der Waals surface area contributed by atoms with E-state index < -0.39 is 0 Å². The third-order valence-corrected chi connectivity index (χ3v) is 4.39. The van der Waals surface area contributed by atoms with Gasteiger partial charge in [0.1, 0.15) is 6.61 Å². The number of carbonyl (C=O) groups is 1. The van der Waals surface area contributed by atoms with Gasteiger partial charge in [-0.3, -0.25) is 9.69 Å². The first kappa shape index (κ1) is 20.4. The molecule has 0 aromatic heterocycles. The molecular formula is C24H26N2O3. The second-order valence-corrected chi connectivity index (χ2v) is 6.85. The molecule has 3 aromatic carbocycles. The molecule has 0 radical (unpaired) electrons. The van der Waals surface area contributed by atoms with E-state index in [1.807, 2.05) is 90.8 Å². The topological polar surface area (TPSA) is 50.8 Å². The van der Waals surface area contributed by atoms with Crippen LogP contribution in [0.25, 0.3) is 0 Å². The average Bonchev–Trinajstić information content (AvgIpc) is 2.74. The van der Waals surface area contributed by atoms with Crippen molar-refractivity contribution in [2.45, 2.75) is 13.2 Å². The van der Waals surface area contributed by atoms with Crippen LogP contribution in [0.4, 0.5) is 5.69 Å². The molecule has 0 saturated heterocycles. The largest absolute Gasteiger partial charge is 0.493 e. The molecule has 0 heterocycles. The van der Waals surface area contributed by atoms with E-state index in [0.29, 0.717) is 31.2 Å². The van der Waals surface area contributed by atoms with Crippen molar-refractivity contribution in [2.24, 2.45) is 0 Å². The summed E-state index contributed by atoms with van der Waals surface area (Å²) >= 11 is 0. The van der Waals surface area contributed by atoms with Crippen LogP contribution in [0.2, 0.25) is 0 Å². The van der Waals surface area contributed by atoms with Gasteiger partial charge in [0.25, 0.3) is 0 Å². The van der Waals surface area contributed by atoms with Gasteiger partial charge in [-0.1, -0.05) is 54.6 Å². The van der Waals surface area contributed by atoms with Gasteiger partial charge in [-0.2, -0.15) is 0 Å². The summed E-state index contributed by atoms with van der Waals surface area (Å²) in [6.45, 7) is 1.40. The fourth-order valence-electron chi connectivity index (χ4n) is 3.00. The quantitative estimate of drug-likeness (QED) is 0.590. The number of amides is 1. The fraction of sp³-hybridized carbons (Fsp3) is 0.208. The molecule has 0 aliphatic carbocycles. The summed E-state index contributed by atoms with van der Waals surface area (Å²) in [6.07, 6.45) is 0. The minimum Gasteiger partial charge on any atom is -0.493 e. The molecule has 3 rings (SSSR count). The van der Waals surface area contributed by atoms with Gasteiger partial charge < -0.3 is 14.8 Å². The Kier molecular flexibility index (Phi) is 7.25. The molecule has 5 heteroatoms. The highest BCUT2D eigenvalue weighted by Gasteiger charge is 2.11. The van der Waals surface area contributed by atoms with Crippen LogP contribution < -0.4 is 14.8 Å². The number of likely N-dealkylation sites (N-methyl/N-ethyl adjacent to an activating group) is 1. The van der Waals surface area contributed by atoms with Gasteiger partial charge in [0.05, 0.1) is 13.7 Å². The Morgan fingerprint density at radius 2 is 1.59 bits per heavy atom. The average molecular weight is 390 g/mol. The van der Waals surface area contributed by atoms with Gasteiger partial charge in [-0.05, 0) is 42.4 Å². The van der Waals surface area contributed by atoms with E-state index in [9.17, 15) is 4.79 Å². The van der Waals surface area contributed by atoms with Gasteiger partial charge in [-0.15, -0.1) is 0 Å². The van der Waals surface area contributed by atoms with E-state index in [-0.39, 0.29) is 5.91 Å². The zero-order valence-corrected chi connectivity index (χ0v) is 16.8. The molecule has 0 fully saturated rings. The first-order valence-corrected chi connectivity index (χ1v) is 9.51. The Morgan fingerprint density at radius 1 is 0.897 bits per heavy atom. The molecule has 0 saturated carbocycles. The van der Waals surface area contributed by atoms with Crippen LogP contribution in [0.3, 0.4) is 0 Å². The number of rotatable bonds is 9. The van der Waals surface area contributed by atoms with Crippen LogP contribution in [0.1, 0.15) is 11.1 Å². The zero-order chi connectivity index (χ0) is 20.5. The summed E-state index contributed by atoms with van der Waals surface area (Å²) in [5.74, 6) is 1.33. The molecule has 29 heavy (non-hydrogen) atoms. The predicted octanol–water partition coefficient (Wildman–Crippen LogP) is 4.34. The van der Waals surface area contributed by atoms with Crippen LogP contribution >= 0.6 is 0 Å². The van der Waals surface area contributed by atoms with Gasteiger partial charge >= 0.3 is 0 Å². The van der Waals surface area contributed by atoms with Crippen molar-refractivity contribution >= 4 is 11.6 Å². The number of hydrogen-bond donors (Lipinski definition) is 1. The molecule has 1 N–H and O–H groups in total. The number of nitrogens with one attached hydrogen (secondary N) is 1. The Hall–Kier alpha value is -3.31. The normalized spacial score (nSPS) is 10.6. The van der Waals surface area contributed by atoms with E-state index in [1.165, 1.54) is 0 Å². The number of anilines is 1. The Balaban J connectivity index is 1.55. The van der Waals surface area contributed by atoms with Crippen molar-refractivity contribution in [3.8, 4) is 11.5 Å². The molecule has 0 spiro atoms. The van der Waals surface area contributed by atoms with Gasteiger partial charge in [0, 0.05) is 12.2 Å². The Bertz CT molecular complexity index is 914. The summed E-state index contributed by atoms with van der Waals surface area (Å²) in [5, 5.41) is 2.90. The molecule has 0 aliphatic rings. The number of nitrogens with zero attached hydrogens (tertiary/aromatic N) is 1. The minimum absolute atomic E-state index is 0.0477. The van der Waals surface area contributed by atoms with Gasteiger partial charge in [0.2, 0.25) is 5.91 Å². The van der Waals surface area contributed by atoms with Gasteiger partial charge in [-0.25, -0.2) is 0 Å². The molecule has 0 bridgehead atoms. The van der Waals surface area contributed by atoms with E-state index in [0.717, 1.165) is 16.8 Å². The van der Waals surface area contributed by atoms with E-state index in [1.54, 1.807) is 7.11 Å². The highest BCUT2D eigenvalue weighted by Crippen LogP contribution is 2.29. The fourth-order valence-corrected chi connectivity index (χ4v) is 3.00. The molecule has 150 valence electrons. The molecule has 1 amide bonds. The molecule has 3 aromatic rings. The highest BCUT2D eigenvalue weighted by atomic mass is 16.5. The maximum absolute atomic E-state index is 12.2. The summed E-state index contributed by atoms with van der Waals surface area (Å²) in [4.78, 5) is 14.2. The number of methoxy groups -OCH3 is 1. The summed E-state index contributed by atoms with van der Waals surface area (Å²) in [7, 11) is 3.54. The highest BCUT2D eigenvalue weighted by molar-refractivity contribution is 5.92. The molecular weight excluding hydrogens is 364 g/mol. The lowest BCUT2D eigenvalue weighted by molar-refractivity contribution is -0.117. The van der Waals surface area contributed by atoms with Crippen molar-refractivity contribution in [3.63, 3.8) is 0 Å². The summed E-state index contributed by atoms with van der Waals surface area (Å²) < 4.78 is 11.4. The maximum atomic E-state index is 12.2. The number of benzene rings is 3. The van der Waals surface area contributed by atoms with Crippen LogP contribution in [0, 0.1) is 0 Å².